The maximum atomic E-state index is 13.0. The molecule has 0 bridgehead atoms. The first kappa shape index (κ1) is 23.7. The number of sulfonamides is 1. The van der Waals surface area contributed by atoms with Crippen LogP contribution in [0.15, 0.2) is 40.8 Å². The van der Waals surface area contributed by atoms with Crippen LogP contribution in [0.2, 0.25) is 5.02 Å². The smallest absolute Gasteiger partial charge is 0.309 e. The Hall–Kier alpha value is -1.94. The molecule has 0 unspecified atom stereocenters. The number of carbonyl (C=O) groups is 2. The quantitative estimate of drug-likeness (QED) is 0.470. The summed E-state index contributed by atoms with van der Waals surface area (Å²) in [6, 6.07) is 5.86. The first-order valence-electron chi connectivity index (χ1n) is 10.5. The first-order valence-corrected chi connectivity index (χ1v) is 12.3. The first-order chi connectivity index (χ1) is 14.9. The molecule has 0 saturated carbocycles. The zero-order valence-corrected chi connectivity index (χ0v) is 18.9. The summed E-state index contributed by atoms with van der Waals surface area (Å²) in [6.45, 7) is 0.903. The van der Waals surface area contributed by atoms with Gasteiger partial charge in [-0.15, -0.1) is 0 Å². The molecule has 1 aliphatic carbocycles. The molecule has 2 aliphatic rings. The van der Waals surface area contributed by atoms with Crippen LogP contribution in [0.3, 0.4) is 0 Å². The number of amides is 2. The number of nitrogens with zero attached hydrogens (tertiary/aromatic N) is 1. The number of carbonyl (C=O) groups excluding carboxylic acids is 2. The molecule has 8 nitrogen and oxygen atoms in total. The van der Waals surface area contributed by atoms with Crippen molar-refractivity contribution >= 4 is 33.4 Å². The van der Waals surface area contributed by atoms with Crippen molar-refractivity contribution in [3.63, 3.8) is 0 Å². The highest BCUT2D eigenvalue weighted by Gasteiger charge is 2.34. The zero-order valence-electron chi connectivity index (χ0n) is 17.3. The number of benzene rings is 1. The van der Waals surface area contributed by atoms with Crippen LogP contribution in [0, 0.1) is 0 Å². The predicted molar refractivity (Wildman–Crippen MR) is 117 cm³/mol. The van der Waals surface area contributed by atoms with E-state index in [4.69, 9.17) is 16.3 Å². The maximum Gasteiger partial charge on any atom is 0.309 e. The van der Waals surface area contributed by atoms with Crippen LogP contribution in [0.1, 0.15) is 38.5 Å². The number of halogens is 1. The van der Waals surface area contributed by atoms with Gasteiger partial charge in [0.2, 0.25) is 10.0 Å². The molecule has 2 N–H and O–H groups in total. The number of rotatable bonds is 7. The monoisotopic (exact) mass is 469 g/mol. The third-order valence-electron chi connectivity index (χ3n) is 5.33. The normalized spacial score (nSPS) is 20.0. The lowest BCUT2D eigenvalue weighted by molar-refractivity contribution is -0.140. The van der Waals surface area contributed by atoms with Gasteiger partial charge in [0.15, 0.2) is 0 Å². The van der Waals surface area contributed by atoms with Gasteiger partial charge >= 0.3 is 11.8 Å². The van der Waals surface area contributed by atoms with Crippen molar-refractivity contribution < 1.29 is 22.7 Å². The fourth-order valence-electron chi connectivity index (χ4n) is 3.65. The molecule has 1 aliphatic heterocycles. The fraction of sp³-hybridized carbons (Fsp3) is 0.524. The molecule has 1 fully saturated rings. The van der Waals surface area contributed by atoms with Crippen molar-refractivity contribution in [2.45, 2.75) is 49.6 Å². The Morgan fingerprint density at radius 2 is 1.84 bits per heavy atom. The van der Waals surface area contributed by atoms with Crippen LogP contribution < -0.4 is 10.6 Å². The summed E-state index contributed by atoms with van der Waals surface area (Å²) in [5.74, 6) is -1.55. The third kappa shape index (κ3) is 6.52. The molecule has 10 heteroatoms. The molecule has 2 amide bonds. The van der Waals surface area contributed by atoms with E-state index in [-0.39, 0.29) is 18.0 Å². The Balaban J connectivity index is 1.52. The van der Waals surface area contributed by atoms with E-state index in [1.807, 2.05) is 0 Å². The molecule has 0 aromatic heterocycles. The summed E-state index contributed by atoms with van der Waals surface area (Å²) in [5, 5.41) is 5.53. The van der Waals surface area contributed by atoms with Crippen LogP contribution in [0.4, 0.5) is 0 Å². The molecule has 1 aromatic carbocycles. The van der Waals surface area contributed by atoms with Gasteiger partial charge < -0.3 is 15.4 Å². The Morgan fingerprint density at radius 1 is 1.10 bits per heavy atom. The second-order valence-electron chi connectivity index (χ2n) is 7.57. The lowest BCUT2D eigenvalue weighted by atomic mass is 9.97. The topological polar surface area (TPSA) is 105 Å². The van der Waals surface area contributed by atoms with E-state index >= 15 is 0 Å². The van der Waals surface area contributed by atoms with Crippen LogP contribution in [-0.2, 0) is 24.3 Å². The minimum atomic E-state index is -3.83. The van der Waals surface area contributed by atoms with Crippen LogP contribution in [0.25, 0.3) is 0 Å². The lowest BCUT2D eigenvalue weighted by Gasteiger charge is -2.34. The summed E-state index contributed by atoms with van der Waals surface area (Å²) in [6.07, 6.45) is 7.05. The molecule has 0 radical (unpaired) electrons. The summed E-state index contributed by atoms with van der Waals surface area (Å²) in [7, 11) is -3.83. The van der Waals surface area contributed by atoms with Crippen molar-refractivity contribution in [1.29, 1.82) is 0 Å². The van der Waals surface area contributed by atoms with Crippen molar-refractivity contribution in [2.24, 2.45) is 0 Å². The molecule has 0 spiro atoms. The van der Waals surface area contributed by atoms with Crippen LogP contribution >= 0.6 is 11.6 Å². The third-order valence-corrected chi connectivity index (χ3v) is 7.49. The van der Waals surface area contributed by atoms with Crippen LogP contribution in [-0.4, -0.2) is 57.0 Å². The van der Waals surface area contributed by atoms with Crippen molar-refractivity contribution in [2.75, 3.05) is 26.2 Å². The van der Waals surface area contributed by atoms with E-state index < -0.39 is 28.1 Å². The van der Waals surface area contributed by atoms with Gasteiger partial charge in [-0.2, -0.15) is 4.31 Å². The summed E-state index contributed by atoms with van der Waals surface area (Å²) in [5.41, 5.74) is 1.31. The summed E-state index contributed by atoms with van der Waals surface area (Å²) < 4.78 is 32.8. The van der Waals surface area contributed by atoms with E-state index in [0.717, 1.165) is 25.7 Å². The van der Waals surface area contributed by atoms with E-state index in [1.54, 1.807) is 0 Å². The van der Waals surface area contributed by atoms with E-state index in [1.165, 1.54) is 40.6 Å². The van der Waals surface area contributed by atoms with Gasteiger partial charge in [0.05, 0.1) is 18.0 Å². The molecule has 1 heterocycles. The SMILES string of the molecule is O=C(NCCC1=CCCCC1)C(=O)NC[C@H]1OCCCN1S(=O)(=O)c1ccc(Cl)cc1. The Morgan fingerprint density at radius 3 is 2.55 bits per heavy atom. The van der Waals surface area contributed by atoms with Crippen molar-refractivity contribution in [3.05, 3.63) is 40.9 Å². The molecular formula is C21H28ClN3O5S. The number of ether oxygens (including phenoxy) is 1. The highest BCUT2D eigenvalue weighted by molar-refractivity contribution is 7.89. The minimum absolute atomic E-state index is 0.0912. The molecular weight excluding hydrogens is 442 g/mol. The van der Waals surface area contributed by atoms with E-state index in [0.29, 0.717) is 24.6 Å². The van der Waals surface area contributed by atoms with Gasteiger partial charge in [0.1, 0.15) is 6.23 Å². The van der Waals surface area contributed by atoms with Gasteiger partial charge in [-0.05, 0) is 62.8 Å². The molecule has 1 aromatic rings. The van der Waals surface area contributed by atoms with Crippen molar-refractivity contribution in [1.82, 2.24) is 14.9 Å². The maximum absolute atomic E-state index is 13.0. The average molecular weight is 470 g/mol. The predicted octanol–water partition coefficient (Wildman–Crippen LogP) is 2.20. The number of hydrogen-bond donors (Lipinski definition) is 2. The molecule has 3 rings (SSSR count). The molecule has 1 atom stereocenters. The summed E-state index contributed by atoms with van der Waals surface area (Å²) >= 11 is 5.85. The van der Waals surface area contributed by atoms with E-state index in [2.05, 4.69) is 16.7 Å². The standard InChI is InChI=1S/C21H28ClN3O5S/c22-17-7-9-18(10-8-17)31(28,29)25-13-4-14-30-19(25)15-24-21(27)20(26)23-12-11-16-5-2-1-3-6-16/h5,7-10,19H,1-4,6,11-15H2,(H,23,26)(H,24,27)/t19-/m1/s1. The molecule has 31 heavy (non-hydrogen) atoms. The van der Waals surface area contributed by atoms with Gasteiger partial charge in [-0.3, -0.25) is 9.59 Å². The highest BCUT2D eigenvalue weighted by Crippen LogP contribution is 2.23. The lowest BCUT2D eigenvalue weighted by Crippen LogP contribution is -2.53. The second kappa shape index (κ2) is 11.1. The Bertz CT molecular complexity index is 917. The zero-order chi connectivity index (χ0) is 22.3. The van der Waals surface area contributed by atoms with Gasteiger partial charge in [-0.1, -0.05) is 23.3 Å². The molecule has 1 saturated heterocycles. The second-order valence-corrected chi connectivity index (χ2v) is 9.90. The average Bonchev–Trinajstić information content (AvgIpc) is 2.78. The number of hydrogen-bond acceptors (Lipinski definition) is 5. The van der Waals surface area contributed by atoms with Gasteiger partial charge in [0, 0.05) is 18.1 Å². The molecule has 170 valence electrons. The number of allylic oxidation sites excluding steroid dienone is 1. The largest absolute Gasteiger partial charge is 0.360 e. The van der Waals surface area contributed by atoms with Gasteiger partial charge in [0.25, 0.3) is 0 Å². The van der Waals surface area contributed by atoms with Gasteiger partial charge in [-0.25, -0.2) is 8.42 Å². The summed E-state index contributed by atoms with van der Waals surface area (Å²) in [4.78, 5) is 24.3. The highest BCUT2D eigenvalue weighted by atomic mass is 35.5. The Labute approximate surface area is 188 Å². The Kier molecular flexibility index (Phi) is 8.48. The van der Waals surface area contributed by atoms with Crippen LogP contribution in [0.5, 0.6) is 0 Å². The number of nitrogens with one attached hydrogen (secondary N) is 2. The fourth-order valence-corrected chi connectivity index (χ4v) is 5.34. The minimum Gasteiger partial charge on any atom is -0.360 e. The van der Waals surface area contributed by atoms with E-state index in [9.17, 15) is 18.0 Å². The van der Waals surface area contributed by atoms with Crippen molar-refractivity contribution in [3.8, 4) is 0 Å².